The first-order valence-corrected chi connectivity index (χ1v) is 12.0. The molecule has 0 spiro atoms. The number of sulfonamides is 1. The summed E-state index contributed by atoms with van der Waals surface area (Å²) in [5.41, 5.74) is 0.851. The molecule has 34 heavy (non-hydrogen) atoms. The zero-order valence-electron chi connectivity index (χ0n) is 19.5. The predicted molar refractivity (Wildman–Crippen MR) is 131 cm³/mol. The van der Waals surface area contributed by atoms with Gasteiger partial charge in [0.2, 0.25) is 5.91 Å². The molecular weight excluding hydrogens is 456 g/mol. The normalized spacial score (nSPS) is 11.1. The lowest BCUT2D eigenvalue weighted by Gasteiger charge is -2.24. The summed E-state index contributed by atoms with van der Waals surface area (Å²) in [5.74, 6) is 0.761. The Morgan fingerprint density at radius 1 is 0.912 bits per heavy atom. The summed E-state index contributed by atoms with van der Waals surface area (Å²) in [4.78, 5) is 12.9. The largest absolute Gasteiger partial charge is 0.493 e. The maximum absolute atomic E-state index is 13.6. The Hall–Kier alpha value is -3.72. The number of methoxy groups -OCH3 is 2. The summed E-state index contributed by atoms with van der Waals surface area (Å²) < 4.78 is 44.4. The third-order valence-electron chi connectivity index (χ3n) is 4.76. The lowest BCUT2D eigenvalue weighted by atomic mass is 10.3. The topological polar surface area (TPSA) is 94.2 Å². The first-order chi connectivity index (χ1) is 16.2. The molecule has 0 saturated heterocycles. The predicted octanol–water partition coefficient (Wildman–Crippen LogP) is 4.33. The molecule has 8 nitrogen and oxygen atoms in total. The Kier molecular flexibility index (Phi) is 8.01. The fraction of sp³-hybridized carbons (Fsp3) is 0.240. The Morgan fingerprint density at radius 3 is 2.26 bits per heavy atom. The van der Waals surface area contributed by atoms with Crippen molar-refractivity contribution >= 4 is 27.3 Å². The summed E-state index contributed by atoms with van der Waals surface area (Å²) >= 11 is 0. The molecule has 0 aliphatic rings. The number of amides is 1. The zero-order valence-corrected chi connectivity index (χ0v) is 20.3. The van der Waals surface area contributed by atoms with Gasteiger partial charge < -0.3 is 19.5 Å². The average molecular weight is 485 g/mol. The minimum Gasteiger partial charge on any atom is -0.493 e. The van der Waals surface area contributed by atoms with E-state index < -0.39 is 22.5 Å². The van der Waals surface area contributed by atoms with Crippen molar-refractivity contribution in [3.05, 3.63) is 72.8 Å². The molecule has 9 heteroatoms. The van der Waals surface area contributed by atoms with Crippen LogP contribution in [0.15, 0.2) is 77.7 Å². The molecule has 0 radical (unpaired) electrons. The van der Waals surface area contributed by atoms with E-state index in [4.69, 9.17) is 14.2 Å². The second-order valence-corrected chi connectivity index (χ2v) is 9.47. The fourth-order valence-electron chi connectivity index (χ4n) is 3.26. The average Bonchev–Trinajstić information content (AvgIpc) is 2.82. The van der Waals surface area contributed by atoms with E-state index in [9.17, 15) is 13.2 Å². The van der Waals surface area contributed by atoms with Crippen LogP contribution in [0.3, 0.4) is 0 Å². The summed E-state index contributed by atoms with van der Waals surface area (Å²) in [6.07, 6.45) is -0.0221. The molecule has 0 aromatic heterocycles. The second kappa shape index (κ2) is 10.9. The van der Waals surface area contributed by atoms with E-state index in [1.165, 1.54) is 32.4 Å². The molecule has 1 amide bonds. The molecule has 0 fully saturated rings. The molecule has 0 heterocycles. The maximum atomic E-state index is 13.6. The van der Waals surface area contributed by atoms with Gasteiger partial charge in [-0.15, -0.1) is 0 Å². The molecule has 180 valence electrons. The molecule has 0 atom stereocenters. The molecule has 3 aromatic carbocycles. The molecule has 0 bridgehead atoms. The van der Waals surface area contributed by atoms with E-state index in [1.54, 1.807) is 54.6 Å². The van der Waals surface area contributed by atoms with Gasteiger partial charge in [0.1, 0.15) is 12.3 Å². The monoisotopic (exact) mass is 484 g/mol. The van der Waals surface area contributed by atoms with Gasteiger partial charge in [0, 0.05) is 17.8 Å². The van der Waals surface area contributed by atoms with Gasteiger partial charge in [-0.3, -0.25) is 9.10 Å². The molecule has 0 unspecified atom stereocenters. The highest BCUT2D eigenvalue weighted by Gasteiger charge is 2.28. The SMILES string of the molecule is COc1ccc(S(=O)(=O)N(CC(=O)Nc2cccc(OC(C)C)c2)c2ccccc2)cc1OC. The number of hydrogen-bond acceptors (Lipinski definition) is 6. The Bertz CT molecular complexity index is 1230. The molecule has 3 aromatic rings. The molecule has 0 aliphatic heterocycles. The summed E-state index contributed by atoms with van der Waals surface area (Å²) in [5, 5.41) is 2.75. The number of ether oxygens (including phenoxy) is 3. The summed E-state index contributed by atoms with van der Waals surface area (Å²) in [7, 11) is -1.22. The smallest absolute Gasteiger partial charge is 0.264 e. The number of benzene rings is 3. The second-order valence-electron chi connectivity index (χ2n) is 7.61. The Balaban J connectivity index is 1.91. The highest BCUT2D eigenvalue weighted by Crippen LogP contribution is 2.32. The van der Waals surface area contributed by atoms with Crippen LogP contribution in [0, 0.1) is 0 Å². The standard InChI is InChI=1S/C25H28N2O6S/c1-18(2)33-21-12-8-9-19(15-21)26-25(28)17-27(20-10-6-5-7-11-20)34(29,30)22-13-14-23(31-3)24(16-22)32-4/h5-16,18H,17H2,1-4H3,(H,26,28). The number of nitrogens with one attached hydrogen (secondary N) is 1. The quantitative estimate of drug-likeness (QED) is 0.461. The Labute approximate surface area is 200 Å². The number of para-hydroxylation sites is 1. The summed E-state index contributed by atoms with van der Waals surface area (Å²) in [6.45, 7) is 3.37. The van der Waals surface area contributed by atoms with Crippen LogP contribution in [0.1, 0.15) is 13.8 Å². The summed E-state index contributed by atoms with van der Waals surface area (Å²) in [6, 6.07) is 19.7. The molecule has 0 aliphatic carbocycles. The Morgan fingerprint density at radius 2 is 1.62 bits per heavy atom. The van der Waals surface area contributed by atoms with Gasteiger partial charge in [0.05, 0.1) is 30.9 Å². The number of nitrogens with zero attached hydrogens (tertiary/aromatic N) is 1. The molecule has 1 N–H and O–H groups in total. The van der Waals surface area contributed by atoms with Crippen molar-refractivity contribution in [1.29, 1.82) is 0 Å². The van der Waals surface area contributed by atoms with Crippen molar-refractivity contribution in [1.82, 2.24) is 0 Å². The van der Waals surface area contributed by atoms with Gasteiger partial charge in [-0.2, -0.15) is 0 Å². The van der Waals surface area contributed by atoms with Crippen LogP contribution in [0.4, 0.5) is 11.4 Å². The molecule has 0 saturated carbocycles. The van der Waals surface area contributed by atoms with E-state index in [2.05, 4.69) is 5.32 Å². The van der Waals surface area contributed by atoms with Crippen molar-refractivity contribution in [3.63, 3.8) is 0 Å². The molecular formula is C25H28N2O6S. The number of hydrogen-bond donors (Lipinski definition) is 1. The van der Waals surface area contributed by atoms with Gasteiger partial charge in [0.25, 0.3) is 10.0 Å². The highest BCUT2D eigenvalue weighted by molar-refractivity contribution is 7.92. The van der Waals surface area contributed by atoms with Crippen molar-refractivity contribution in [2.45, 2.75) is 24.8 Å². The van der Waals surface area contributed by atoms with Crippen molar-refractivity contribution in [2.24, 2.45) is 0 Å². The number of rotatable bonds is 10. The van der Waals surface area contributed by atoms with Gasteiger partial charge in [-0.1, -0.05) is 24.3 Å². The van der Waals surface area contributed by atoms with E-state index >= 15 is 0 Å². The number of carbonyl (C=O) groups is 1. The van der Waals surface area contributed by atoms with Gasteiger partial charge in [-0.25, -0.2) is 8.42 Å². The third-order valence-corrected chi connectivity index (χ3v) is 6.53. The van der Waals surface area contributed by atoms with E-state index in [0.29, 0.717) is 22.9 Å². The number of carbonyl (C=O) groups excluding carboxylic acids is 1. The van der Waals surface area contributed by atoms with Crippen LogP contribution in [0.5, 0.6) is 17.2 Å². The number of anilines is 2. The lowest BCUT2D eigenvalue weighted by molar-refractivity contribution is -0.114. The van der Waals surface area contributed by atoms with Crippen molar-refractivity contribution in [2.75, 3.05) is 30.4 Å². The van der Waals surface area contributed by atoms with E-state index in [1.807, 2.05) is 13.8 Å². The lowest BCUT2D eigenvalue weighted by Crippen LogP contribution is -2.38. The first-order valence-electron chi connectivity index (χ1n) is 10.6. The first kappa shape index (κ1) is 24.9. The van der Waals surface area contributed by atoms with Gasteiger partial charge in [-0.05, 0) is 50.2 Å². The minimum absolute atomic E-state index is 0.0221. The zero-order chi connectivity index (χ0) is 24.7. The van der Waals surface area contributed by atoms with Crippen molar-refractivity contribution in [3.8, 4) is 17.2 Å². The van der Waals surface area contributed by atoms with E-state index in [0.717, 1.165) is 4.31 Å². The van der Waals surface area contributed by atoms with Crippen LogP contribution in [0.25, 0.3) is 0 Å². The third kappa shape index (κ3) is 5.99. The highest BCUT2D eigenvalue weighted by atomic mass is 32.2. The fourth-order valence-corrected chi connectivity index (χ4v) is 4.70. The van der Waals surface area contributed by atoms with Crippen LogP contribution in [-0.4, -0.2) is 41.2 Å². The van der Waals surface area contributed by atoms with Crippen LogP contribution in [-0.2, 0) is 14.8 Å². The van der Waals surface area contributed by atoms with E-state index in [-0.39, 0.29) is 16.7 Å². The van der Waals surface area contributed by atoms with Crippen molar-refractivity contribution < 1.29 is 27.4 Å². The molecule has 3 rings (SSSR count). The maximum Gasteiger partial charge on any atom is 0.264 e. The van der Waals surface area contributed by atoms with Gasteiger partial charge >= 0.3 is 0 Å². The van der Waals surface area contributed by atoms with Gasteiger partial charge in [0.15, 0.2) is 11.5 Å². The van der Waals surface area contributed by atoms with Crippen LogP contribution < -0.4 is 23.8 Å². The van der Waals surface area contributed by atoms with Crippen LogP contribution in [0.2, 0.25) is 0 Å². The van der Waals surface area contributed by atoms with Crippen LogP contribution >= 0.6 is 0 Å². The minimum atomic E-state index is -4.11.